The summed E-state index contributed by atoms with van der Waals surface area (Å²) >= 11 is 0. The predicted molar refractivity (Wildman–Crippen MR) is 69.5 cm³/mol. The van der Waals surface area contributed by atoms with Crippen LogP contribution in [0.15, 0.2) is 29.1 Å². The zero-order chi connectivity index (χ0) is 13.7. The first kappa shape index (κ1) is 13.6. The molecule has 0 radical (unpaired) electrons. The Labute approximate surface area is 109 Å². The number of hydrogen-bond donors (Lipinski definition) is 2. The molecule has 0 fully saturated rings. The number of aliphatic hydroxyl groups excluding tert-OH is 2. The minimum atomic E-state index is -0.230. The highest BCUT2D eigenvalue weighted by Crippen LogP contribution is 2.03. The molecule has 7 nitrogen and oxygen atoms in total. The summed E-state index contributed by atoms with van der Waals surface area (Å²) in [5.74, 6) is 0. The van der Waals surface area contributed by atoms with Crippen LogP contribution in [0.3, 0.4) is 0 Å². The van der Waals surface area contributed by atoms with E-state index in [0.29, 0.717) is 24.0 Å². The van der Waals surface area contributed by atoms with E-state index in [4.69, 9.17) is 10.2 Å². The minimum Gasteiger partial charge on any atom is -0.395 e. The summed E-state index contributed by atoms with van der Waals surface area (Å²) in [5, 5.41) is 26.2. The maximum atomic E-state index is 12.2. The molecule has 0 bridgehead atoms. The van der Waals surface area contributed by atoms with Gasteiger partial charge in [-0.1, -0.05) is 17.3 Å². The third kappa shape index (κ3) is 3.14. The van der Waals surface area contributed by atoms with Gasteiger partial charge in [-0.2, -0.15) is 4.68 Å². The lowest BCUT2D eigenvalue weighted by molar-refractivity contribution is 0.126. The summed E-state index contributed by atoms with van der Waals surface area (Å²) in [7, 11) is 0. The lowest BCUT2D eigenvalue weighted by Crippen LogP contribution is -2.37. The summed E-state index contributed by atoms with van der Waals surface area (Å²) < 4.78 is 1.23. The predicted octanol–water partition coefficient (Wildman–Crippen LogP) is -0.964. The van der Waals surface area contributed by atoms with Crippen molar-refractivity contribution in [1.29, 1.82) is 0 Å². The van der Waals surface area contributed by atoms with Gasteiger partial charge in [0.15, 0.2) is 0 Å². The van der Waals surface area contributed by atoms with Crippen molar-refractivity contribution in [2.24, 2.45) is 0 Å². The molecule has 2 rings (SSSR count). The summed E-state index contributed by atoms with van der Waals surface area (Å²) in [6.45, 7) is 0.826. The highest BCUT2D eigenvalue weighted by Gasteiger charge is 2.09. The van der Waals surface area contributed by atoms with Crippen LogP contribution in [-0.2, 0) is 6.67 Å². The SMILES string of the molecule is O=c1c2ccccc2nnn1CN(CCO)CCO. The first-order valence-electron chi connectivity index (χ1n) is 6.03. The molecule has 2 aromatic rings. The number of nitrogens with zero attached hydrogens (tertiary/aromatic N) is 4. The number of aliphatic hydroxyl groups is 2. The molecule has 1 aromatic heterocycles. The van der Waals surface area contributed by atoms with Gasteiger partial charge in [-0.05, 0) is 12.1 Å². The third-order valence-electron chi connectivity index (χ3n) is 2.80. The van der Waals surface area contributed by atoms with Crippen molar-refractivity contribution in [2.75, 3.05) is 26.3 Å². The Bertz CT molecular complexity index is 593. The summed E-state index contributed by atoms with van der Waals surface area (Å²) in [5.41, 5.74) is 0.325. The average Bonchev–Trinajstić information content (AvgIpc) is 2.43. The molecule has 0 aliphatic rings. The molecule has 1 aromatic carbocycles. The maximum Gasteiger partial charge on any atom is 0.278 e. The molecule has 0 aliphatic carbocycles. The van der Waals surface area contributed by atoms with Gasteiger partial charge in [0.1, 0.15) is 5.52 Å². The van der Waals surface area contributed by atoms with Crippen LogP contribution in [0.25, 0.3) is 10.9 Å². The molecule has 0 amide bonds. The van der Waals surface area contributed by atoms with Gasteiger partial charge in [-0.15, -0.1) is 5.10 Å². The van der Waals surface area contributed by atoms with Crippen molar-refractivity contribution >= 4 is 10.9 Å². The van der Waals surface area contributed by atoms with Crippen LogP contribution in [0.2, 0.25) is 0 Å². The summed E-state index contributed by atoms with van der Waals surface area (Å²) in [6.07, 6.45) is 0. The van der Waals surface area contributed by atoms with Gasteiger partial charge < -0.3 is 10.2 Å². The molecule has 0 saturated heterocycles. The number of hydrogen-bond acceptors (Lipinski definition) is 6. The smallest absolute Gasteiger partial charge is 0.278 e. The third-order valence-corrected chi connectivity index (χ3v) is 2.80. The molecule has 0 atom stereocenters. The molecular weight excluding hydrogens is 248 g/mol. The Hall–Kier alpha value is -1.83. The van der Waals surface area contributed by atoms with E-state index in [2.05, 4.69) is 10.3 Å². The van der Waals surface area contributed by atoms with Crippen molar-refractivity contribution in [3.8, 4) is 0 Å². The van der Waals surface area contributed by atoms with E-state index in [0.717, 1.165) is 0 Å². The van der Waals surface area contributed by atoms with E-state index >= 15 is 0 Å². The normalized spacial score (nSPS) is 11.3. The number of fused-ring (bicyclic) bond motifs is 1. The fourth-order valence-electron chi connectivity index (χ4n) is 1.84. The van der Waals surface area contributed by atoms with Crippen LogP contribution >= 0.6 is 0 Å². The molecule has 102 valence electrons. The molecule has 2 N–H and O–H groups in total. The number of aromatic nitrogens is 3. The van der Waals surface area contributed by atoms with Gasteiger partial charge in [0.2, 0.25) is 0 Å². The van der Waals surface area contributed by atoms with E-state index in [1.807, 2.05) is 0 Å². The highest BCUT2D eigenvalue weighted by atomic mass is 16.3. The van der Waals surface area contributed by atoms with Gasteiger partial charge in [-0.3, -0.25) is 9.69 Å². The zero-order valence-corrected chi connectivity index (χ0v) is 10.4. The quantitative estimate of drug-likeness (QED) is 0.698. The topological polar surface area (TPSA) is 91.5 Å². The molecular formula is C12H16N4O3. The molecule has 7 heteroatoms. The van der Waals surface area contributed by atoms with Crippen LogP contribution < -0.4 is 5.56 Å². The van der Waals surface area contributed by atoms with E-state index in [1.54, 1.807) is 29.2 Å². The second-order valence-corrected chi connectivity index (χ2v) is 4.12. The van der Waals surface area contributed by atoms with E-state index < -0.39 is 0 Å². The summed E-state index contributed by atoms with van der Waals surface area (Å²) in [4.78, 5) is 13.9. The molecule has 0 saturated carbocycles. The standard InChI is InChI=1S/C12H16N4O3/c17-7-5-15(6-8-18)9-16-12(19)10-3-1-2-4-11(10)13-14-16/h1-4,17-18H,5-9H2. The number of rotatable bonds is 6. The van der Waals surface area contributed by atoms with Gasteiger partial charge in [-0.25, -0.2) is 0 Å². The van der Waals surface area contributed by atoms with Crippen molar-refractivity contribution in [1.82, 2.24) is 19.9 Å². The Morgan fingerprint density at radius 1 is 1.16 bits per heavy atom. The lowest BCUT2D eigenvalue weighted by atomic mass is 10.2. The van der Waals surface area contributed by atoms with Crippen LogP contribution in [0.5, 0.6) is 0 Å². The summed E-state index contributed by atoms with van der Waals surface area (Å²) in [6, 6.07) is 7.00. The first-order chi connectivity index (χ1) is 9.26. The minimum absolute atomic E-state index is 0.0459. The van der Waals surface area contributed by atoms with Gasteiger partial charge in [0.05, 0.1) is 25.3 Å². The van der Waals surface area contributed by atoms with Crippen LogP contribution in [-0.4, -0.2) is 56.4 Å². The molecule has 19 heavy (non-hydrogen) atoms. The highest BCUT2D eigenvalue weighted by molar-refractivity contribution is 5.76. The van der Waals surface area contributed by atoms with Gasteiger partial charge in [0.25, 0.3) is 5.56 Å². The Balaban J connectivity index is 2.29. The van der Waals surface area contributed by atoms with Crippen LogP contribution in [0.4, 0.5) is 0 Å². The van der Waals surface area contributed by atoms with E-state index in [1.165, 1.54) is 4.68 Å². The fraction of sp³-hybridized carbons (Fsp3) is 0.417. The second kappa shape index (κ2) is 6.37. The Kier molecular flexibility index (Phi) is 4.56. The van der Waals surface area contributed by atoms with E-state index in [9.17, 15) is 4.79 Å². The molecule has 1 heterocycles. The van der Waals surface area contributed by atoms with Gasteiger partial charge in [0, 0.05) is 13.1 Å². The van der Waals surface area contributed by atoms with E-state index in [-0.39, 0.29) is 25.4 Å². The largest absolute Gasteiger partial charge is 0.395 e. The maximum absolute atomic E-state index is 12.2. The van der Waals surface area contributed by atoms with Crippen molar-refractivity contribution in [2.45, 2.75) is 6.67 Å². The second-order valence-electron chi connectivity index (χ2n) is 4.12. The average molecular weight is 264 g/mol. The number of benzene rings is 1. The lowest BCUT2D eigenvalue weighted by Gasteiger charge is -2.19. The van der Waals surface area contributed by atoms with Crippen molar-refractivity contribution in [3.63, 3.8) is 0 Å². The monoisotopic (exact) mass is 264 g/mol. The Morgan fingerprint density at radius 2 is 1.84 bits per heavy atom. The first-order valence-corrected chi connectivity index (χ1v) is 6.03. The fourth-order valence-corrected chi connectivity index (χ4v) is 1.84. The van der Waals surface area contributed by atoms with Crippen molar-refractivity contribution in [3.05, 3.63) is 34.6 Å². The zero-order valence-electron chi connectivity index (χ0n) is 10.4. The van der Waals surface area contributed by atoms with Gasteiger partial charge >= 0.3 is 0 Å². The van der Waals surface area contributed by atoms with Crippen LogP contribution in [0, 0.1) is 0 Å². The Morgan fingerprint density at radius 3 is 2.53 bits per heavy atom. The van der Waals surface area contributed by atoms with Crippen molar-refractivity contribution < 1.29 is 10.2 Å². The molecule has 0 unspecified atom stereocenters. The molecule has 0 aliphatic heterocycles. The molecule has 0 spiro atoms. The van der Waals surface area contributed by atoms with Crippen LogP contribution in [0.1, 0.15) is 0 Å².